The topological polar surface area (TPSA) is 53.1 Å². The van der Waals surface area contributed by atoms with Gasteiger partial charge in [0.25, 0.3) is 0 Å². The maximum absolute atomic E-state index is 12.5. The Labute approximate surface area is 121 Å². The number of imidazole rings is 1. The second-order valence-corrected chi connectivity index (χ2v) is 5.05. The second kappa shape index (κ2) is 5.45. The van der Waals surface area contributed by atoms with E-state index >= 15 is 0 Å². The molecule has 2 rings (SSSR count). The molecule has 8 heteroatoms. The van der Waals surface area contributed by atoms with E-state index in [2.05, 4.69) is 25.7 Å². The lowest BCUT2D eigenvalue weighted by atomic mass is 10.2. The second-order valence-electron chi connectivity index (χ2n) is 4.14. The third-order valence-electron chi connectivity index (χ3n) is 2.54. The van der Waals surface area contributed by atoms with Gasteiger partial charge in [-0.05, 0) is 25.1 Å². The van der Waals surface area contributed by atoms with Crippen LogP contribution in [0.1, 0.15) is 18.7 Å². The minimum atomic E-state index is -4.77. The molecule has 1 heterocycles. The summed E-state index contributed by atoms with van der Waals surface area (Å²) >= 11 is 3.12. The largest absolute Gasteiger partial charge is 0.573 e. The number of halogens is 4. The lowest BCUT2D eigenvalue weighted by molar-refractivity contribution is -0.274. The van der Waals surface area contributed by atoms with Gasteiger partial charge < -0.3 is 10.5 Å². The quantitative estimate of drug-likeness (QED) is 0.921. The van der Waals surface area contributed by atoms with Crippen molar-refractivity contribution in [2.45, 2.75) is 19.3 Å². The number of rotatable bonds is 3. The molecule has 1 aromatic carbocycles. The maximum Gasteiger partial charge on any atom is 0.573 e. The van der Waals surface area contributed by atoms with Crippen LogP contribution in [-0.4, -0.2) is 15.9 Å². The molecular weight excluding hydrogens is 339 g/mol. The van der Waals surface area contributed by atoms with Crippen molar-refractivity contribution in [3.05, 3.63) is 40.9 Å². The van der Waals surface area contributed by atoms with Gasteiger partial charge in [-0.25, -0.2) is 4.98 Å². The summed E-state index contributed by atoms with van der Waals surface area (Å²) in [4.78, 5) is 3.91. The van der Waals surface area contributed by atoms with Crippen LogP contribution in [0.5, 0.6) is 5.75 Å². The smallest absolute Gasteiger partial charge is 0.403 e. The van der Waals surface area contributed by atoms with Gasteiger partial charge in [-0.3, -0.25) is 4.57 Å². The molecule has 0 spiro atoms. The molecule has 0 saturated carbocycles. The van der Waals surface area contributed by atoms with Crippen molar-refractivity contribution in [3.63, 3.8) is 0 Å². The van der Waals surface area contributed by atoms with Gasteiger partial charge in [-0.1, -0.05) is 15.9 Å². The summed E-state index contributed by atoms with van der Waals surface area (Å²) in [6.07, 6.45) is -1.88. The van der Waals surface area contributed by atoms with Gasteiger partial charge in [-0.2, -0.15) is 0 Å². The first-order valence-corrected chi connectivity index (χ1v) is 6.41. The van der Waals surface area contributed by atoms with E-state index in [9.17, 15) is 13.2 Å². The lowest BCUT2D eigenvalue weighted by Crippen LogP contribution is -2.19. The standard InChI is InChI=1S/C12H11BrF3N3O/c1-7(17)10-5-18-6-19(10)9-3-2-8(13)4-11(9)20-12(14,15)16/h2-7H,17H2,1H3/t7-/m1/s1. The van der Waals surface area contributed by atoms with Crippen molar-refractivity contribution in [3.8, 4) is 11.4 Å². The Morgan fingerprint density at radius 3 is 2.70 bits per heavy atom. The SMILES string of the molecule is C[C@@H](N)c1cncn1-c1ccc(Br)cc1OC(F)(F)F. The first-order valence-electron chi connectivity index (χ1n) is 5.61. The van der Waals surface area contributed by atoms with Crippen molar-refractivity contribution < 1.29 is 17.9 Å². The minimum absolute atomic E-state index is 0.218. The van der Waals surface area contributed by atoms with E-state index in [-0.39, 0.29) is 17.5 Å². The minimum Gasteiger partial charge on any atom is -0.403 e. The lowest BCUT2D eigenvalue weighted by Gasteiger charge is -2.16. The first kappa shape index (κ1) is 14.9. The van der Waals surface area contributed by atoms with Gasteiger partial charge in [0.15, 0.2) is 5.75 Å². The summed E-state index contributed by atoms with van der Waals surface area (Å²) in [7, 11) is 0. The van der Waals surface area contributed by atoms with Gasteiger partial charge in [0.05, 0.1) is 23.9 Å². The maximum atomic E-state index is 12.5. The Kier molecular flexibility index (Phi) is 4.05. The Morgan fingerprint density at radius 2 is 2.10 bits per heavy atom. The normalized spacial score (nSPS) is 13.3. The predicted molar refractivity (Wildman–Crippen MR) is 70.5 cm³/mol. The molecule has 2 N–H and O–H groups in total. The van der Waals surface area contributed by atoms with Gasteiger partial charge >= 0.3 is 6.36 Å². The molecule has 0 fully saturated rings. The number of benzene rings is 1. The number of nitrogens with zero attached hydrogens (tertiary/aromatic N) is 2. The summed E-state index contributed by atoms with van der Waals surface area (Å²) in [5.41, 5.74) is 6.57. The highest BCUT2D eigenvalue weighted by Gasteiger charge is 2.32. The zero-order valence-electron chi connectivity index (χ0n) is 10.4. The van der Waals surface area contributed by atoms with E-state index in [1.165, 1.54) is 29.2 Å². The molecule has 1 aromatic heterocycles. The third kappa shape index (κ3) is 3.31. The van der Waals surface area contributed by atoms with Crippen molar-refractivity contribution in [1.29, 1.82) is 0 Å². The average molecular weight is 350 g/mol. The average Bonchev–Trinajstić information content (AvgIpc) is 2.75. The fourth-order valence-electron chi connectivity index (χ4n) is 1.74. The van der Waals surface area contributed by atoms with E-state index < -0.39 is 6.36 Å². The molecule has 0 saturated heterocycles. The Bertz CT molecular complexity index is 610. The molecule has 0 unspecified atom stereocenters. The number of ether oxygens (including phenoxy) is 1. The van der Waals surface area contributed by atoms with Crippen molar-refractivity contribution in [1.82, 2.24) is 9.55 Å². The monoisotopic (exact) mass is 349 g/mol. The summed E-state index contributed by atoms with van der Waals surface area (Å²) in [5.74, 6) is -0.327. The molecule has 1 atom stereocenters. The molecular formula is C12H11BrF3N3O. The highest BCUT2D eigenvalue weighted by atomic mass is 79.9. The van der Waals surface area contributed by atoms with E-state index in [1.54, 1.807) is 13.0 Å². The van der Waals surface area contributed by atoms with Crippen molar-refractivity contribution >= 4 is 15.9 Å². The van der Waals surface area contributed by atoms with Crippen LogP contribution in [0.2, 0.25) is 0 Å². The Morgan fingerprint density at radius 1 is 1.40 bits per heavy atom. The summed E-state index contributed by atoms with van der Waals surface area (Å²) < 4.78 is 43.4. The fourth-order valence-corrected chi connectivity index (χ4v) is 2.08. The first-order chi connectivity index (χ1) is 9.28. The van der Waals surface area contributed by atoms with E-state index in [0.717, 1.165) is 0 Å². The van der Waals surface area contributed by atoms with E-state index in [4.69, 9.17) is 5.73 Å². The van der Waals surface area contributed by atoms with Crippen LogP contribution >= 0.6 is 15.9 Å². The van der Waals surface area contributed by atoms with Crippen molar-refractivity contribution in [2.75, 3.05) is 0 Å². The molecule has 0 radical (unpaired) electrons. The molecule has 20 heavy (non-hydrogen) atoms. The van der Waals surface area contributed by atoms with E-state index in [0.29, 0.717) is 10.2 Å². The highest BCUT2D eigenvalue weighted by Crippen LogP contribution is 2.33. The van der Waals surface area contributed by atoms with Gasteiger partial charge in [0.2, 0.25) is 0 Å². The van der Waals surface area contributed by atoms with Gasteiger partial charge in [0, 0.05) is 10.5 Å². The zero-order valence-corrected chi connectivity index (χ0v) is 11.9. The summed E-state index contributed by atoms with van der Waals surface area (Å²) in [6, 6.07) is 3.98. The molecule has 108 valence electrons. The number of aromatic nitrogens is 2. The number of alkyl halides is 3. The van der Waals surface area contributed by atoms with Crippen LogP contribution in [0, 0.1) is 0 Å². The van der Waals surface area contributed by atoms with Gasteiger partial charge in [0.1, 0.15) is 0 Å². The fraction of sp³-hybridized carbons (Fsp3) is 0.250. The molecule has 2 aromatic rings. The Hall–Kier alpha value is -1.54. The molecule has 0 bridgehead atoms. The molecule has 0 aliphatic heterocycles. The third-order valence-corrected chi connectivity index (χ3v) is 3.03. The summed E-state index contributed by atoms with van der Waals surface area (Å²) in [6.45, 7) is 1.72. The molecule has 4 nitrogen and oxygen atoms in total. The zero-order chi connectivity index (χ0) is 14.9. The van der Waals surface area contributed by atoms with Crippen LogP contribution in [0.3, 0.4) is 0 Å². The van der Waals surface area contributed by atoms with E-state index in [1.807, 2.05) is 0 Å². The molecule has 0 aliphatic rings. The van der Waals surface area contributed by atoms with Crippen LogP contribution in [-0.2, 0) is 0 Å². The van der Waals surface area contributed by atoms with Gasteiger partial charge in [-0.15, -0.1) is 13.2 Å². The van der Waals surface area contributed by atoms with Crippen molar-refractivity contribution in [2.24, 2.45) is 5.73 Å². The number of nitrogens with two attached hydrogens (primary N) is 1. The van der Waals surface area contributed by atoms with Crippen LogP contribution in [0.25, 0.3) is 5.69 Å². The van der Waals surface area contributed by atoms with Crippen LogP contribution < -0.4 is 10.5 Å². The number of hydrogen-bond donors (Lipinski definition) is 1. The Balaban J connectivity index is 2.53. The number of hydrogen-bond acceptors (Lipinski definition) is 3. The predicted octanol–water partition coefficient (Wildman–Crippen LogP) is 3.55. The van der Waals surface area contributed by atoms with Crippen LogP contribution in [0.4, 0.5) is 13.2 Å². The highest BCUT2D eigenvalue weighted by molar-refractivity contribution is 9.10. The molecule has 0 aliphatic carbocycles. The molecule has 0 amide bonds. The van der Waals surface area contributed by atoms with Crippen LogP contribution in [0.15, 0.2) is 35.2 Å². The summed E-state index contributed by atoms with van der Waals surface area (Å²) in [5, 5.41) is 0.